The molecule has 4 aromatic carbocycles. The summed E-state index contributed by atoms with van der Waals surface area (Å²) in [6.45, 7) is 5.30. The first-order chi connectivity index (χ1) is 37.1. The number of nitrogens with zero attached hydrogens (tertiary/aromatic N) is 2. The minimum Gasteiger partial charge on any atom is -0.508 e. The zero-order valence-electron chi connectivity index (χ0n) is 43.8. The van der Waals surface area contributed by atoms with Crippen molar-refractivity contribution in [2.24, 2.45) is 11.8 Å². The van der Waals surface area contributed by atoms with E-state index < -0.39 is 36.5 Å². The number of amides is 2. The summed E-state index contributed by atoms with van der Waals surface area (Å²) in [7, 11) is 0. The van der Waals surface area contributed by atoms with Gasteiger partial charge in [0, 0.05) is 13.1 Å². The lowest BCUT2D eigenvalue weighted by Gasteiger charge is -2.31. The second-order valence-electron chi connectivity index (χ2n) is 21.3. The molecular weight excluding hydrogens is 973 g/mol. The number of aliphatic hydroxyl groups excluding tert-OH is 2. The third-order valence-corrected chi connectivity index (χ3v) is 15.3. The molecule has 4 aromatic rings. The van der Waals surface area contributed by atoms with Crippen molar-refractivity contribution < 1.29 is 63.0 Å². The van der Waals surface area contributed by atoms with E-state index in [2.05, 4.69) is 35.8 Å². The van der Waals surface area contributed by atoms with Crippen LogP contribution in [0, 0.1) is 18.8 Å². The second-order valence-corrected chi connectivity index (χ2v) is 21.3. The molecule has 5 N–H and O–H groups in total. The van der Waals surface area contributed by atoms with Crippen molar-refractivity contribution in [3.63, 3.8) is 0 Å². The Hall–Kier alpha value is -5.18. The van der Waals surface area contributed by atoms with E-state index in [0.29, 0.717) is 52.4 Å². The first-order valence-electron chi connectivity index (χ1n) is 27.6. The first kappa shape index (κ1) is 55.6. The molecule has 6 aliphatic rings. The number of rotatable bonds is 22. The van der Waals surface area contributed by atoms with Gasteiger partial charge in [-0.25, -0.2) is 9.59 Å². The molecule has 10 atom stereocenters. The molecule has 0 spiro atoms. The van der Waals surface area contributed by atoms with Crippen LogP contribution in [0.15, 0.2) is 109 Å². The highest BCUT2D eigenvalue weighted by Gasteiger charge is 2.45. The molecule has 0 bridgehead atoms. The number of hydrogen-bond donors (Lipinski definition) is 5. The topological polar surface area (TPSA) is 199 Å². The Kier molecular flexibility index (Phi) is 20.4. The molecule has 4 saturated heterocycles. The van der Waals surface area contributed by atoms with E-state index in [4.69, 9.17) is 38.1 Å². The molecule has 10 unspecified atom stereocenters. The first-order valence-corrected chi connectivity index (χ1v) is 27.6. The maximum Gasteiger partial charge on any atom is 0.407 e. The van der Waals surface area contributed by atoms with Gasteiger partial charge in [0.15, 0.2) is 12.6 Å². The van der Waals surface area contributed by atoms with Crippen LogP contribution in [0.25, 0.3) is 0 Å². The highest BCUT2D eigenvalue weighted by atomic mass is 16.7. The number of fused-ring (bicyclic) bond motifs is 2. The number of nitrogens with one attached hydrogen (secondary N) is 2. The van der Waals surface area contributed by atoms with Crippen molar-refractivity contribution in [1.82, 2.24) is 20.8 Å². The predicted molar refractivity (Wildman–Crippen MR) is 281 cm³/mol. The van der Waals surface area contributed by atoms with Crippen LogP contribution in [0.3, 0.4) is 0 Å². The number of aliphatic hydroxyl groups is 2. The number of carbonyl (C=O) groups excluding carboxylic acids is 2. The minimum atomic E-state index is -0.941. The molecule has 17 heteroatoms. The highest BCUT2D eigenvalue weighted by molar-refractivity contribution is 5.68. The zero-order chi connectivity index (χ0) is 52.6. The summed E-state index contributed by atoms with van der Waals surface area (Å²) in [6, 6.07) is 33.8. The molecule has 0 radical (unpaired) electrons. The van der Waals surface area contributed by atoms with Gasteiger partial charge in [0.1, 0.15) is 18.0 Å². The number of aromatic hydroxyl groups is 1. The van der Waals surface area contributed by atoms with Crippen molar-refractivity contribution >= 4 is 12.2 Å². The summed E-state index contributed by atoms with van der Waals surface area (Å²) >= 11 is 0. The lowest BCUT2D eigenvalue weighted by Crippen LogP contribution is -2.50. The molecule has 2 saturated carbocycles. The molecule has 10 rings (SSSR count). The van der Waals surface area contributed by atoms with Crippen LogP contribution in [-0.2, 0) is 64.0 Å². The van der Waals surface area contributed by atoms with Crippen LogP contribution in [-0.4, -0.2) is 138 Å². The van der Waals surface area contributed by atoms with Gasteiger partial charge in [0.2, 0.25) is 0 Å². The van der Waals surface area contributed by atoms with Gasteiger partial charge in [0.05, 0.1) is 87.9 Å². The average molecular weight is 1050 g/mol. The number of phenolic OH excluding ortho intramolecular Hbond substituents is 1. The Balaban J connectivity index is 0.000000186. The van der Waals surface area contributed by atoms with Crippen molar-refractivity contribution in [3.05, 3.63) is 137 Å². The molecule has 2 aliphatic carbocycles. The molecule has 17 nitrogen and oxygen atoms in total. The number of ether oxygens (including phenoxy) is 6. The summed E-state index contributed by atoms with van der Waals surface area (Å²) in [6.07, 6.45) is 7.03. The van der Waals surface area contributed by atoms with Crippen LogP contribution in [0.4, 0.5) is 9.59 Å². The van der Waals surface area contributed by atoms with Crippen molar-refractivity contribution in [2.45, 2.75) is 158 Å². The van der Waals surface area contributed by atoms with E-state index >= 15 is 0 Å². The minimum absolute atomic E-state index is 0.0378. The fraction of sp³-hybridized carbons (Fsp3) is 0.559. The molecule has 412 valence electrons. The lowest BCUT2D eigenvalue weighted by molar-refractivity contribution is -0.214. The maximum atomic E-state index is 13.0. The quantitative estimate of drug-likeness (QED) is 0.0481. The van der Waals surface area contributed by atoms with Gasteiger partial charge in [-0.05, 0) is 92.7 Å². The van der Waals surface area contributed by atoms with Crippen LogP contribution < -0.4 is 10.6 Å². The Morgan fingerprint density at radius 2 is 1.00 bits per heavy atom. The van der Waals surface area contributed by atoms with E-state index in [1.54, 1.807) is 23.3 Å². The SMILES string of the molecule is Cc1cccc(CN(CC(O)C(Cc2ccccc2)NC(=O)OC2COC3OCCC23)OC2CCCC2)c1.O=C(NC(Cc1ccccc1)C(O)CN(Cc1cccc(O)c1)OC1CCCC1)OC1COC2OCCC12. The van der Waals surface area contributed by atoms with Crippen molar-refractivity contribution in [3.8, 4) is 5.75 Å². The van der Waals surface area contributed by atoms with Gasteiger partial charge in [-0.1, -0.05) is 128 Å². The van der Waals surface area contributed by atoms with E-state index in [9.17, 15) is 24.9 Å². The second kappa shape index (κ2) is 27.9. The summed E-state index contributed by atoms with van der Waals surface area (Å²) in [5.74, 6) is 0.278. The van der Waals surface area contributed by atoms with E-state index in [-0.39, 0.29) is 67.7 Å². The lowest BCUT2D eigenvalue weighted by atomic mass is 10.0. The molecule has 4 aliphatic heterocycles. The fourth-order valence-corrected chi connectivity index (χ4v) is 11.3. The van der Waals surface area contributed by atoms with E-state index in [1.165, 1.54) is 5.56 Å². The molecule has 6 fully saturated rings. The number of hydroxylamine groups is 4. The Morgan fingerprint density at radius 3 is 1.45 bits per heavy atom. The molecule has 0 aromatic heterocycles. The number of phenols is 1. The number of benzene rings is 4. The van der Waals surface area contributed by atoms with Gasteiger partial charge in [-0.2, -0.15) is 10.1 Å². The third kappa shape index (κ3) is 16.4. The van der Waals surface area contributed by atoms with Crippen LogP contribution in [0.2, 0.25) is 0 Å². The van der Waals surface area contributed by atoms with Gasteiger partial charge >= 0.3 is 12.2 Å². The maximum absolute atomic E-state index is 13.0. The van der Waals surface area contributed by atoms with Gasteiger partial charge < -0.3 is 54.4 Å². The Morgan fingerprint density at radius 1 is 0.566 bits per heavy atom. The number of carbonyl (C=O) groups is 2. The normalized spacial score (nSPS) is 24.9. The summed E-state index contributed by atoms with van der Waals surface area (Å²) in [5, 5.41) is 42.3. The highest BCUT2D eigenvalue weighted by Crippen LogP contribution is 2.34. The zero-order valence-corrected chi connectivity index (χ0v) is 43.8. The van der Waals surface area contributed by atoms with Gasteiger partial charge in [-0.3, -0.25) is 9.68 Å². The fourth-order valence-electron chi connectivity index (χ4n) is 11.3. The third-order valence-electron chi connectivity index (χ3n) is 15.3. The van der Waals surface area contributed by atoms with Gasteiger partial charge in [-0.15, -0.1) is 0 Å². The summed E-state index contributed by atoms with van der Waals surface area (Å²) in [5.41, 5.74) is 5.18. The largest absolute Gasteiger partial charge is 0.508 e. The number of aryl methyl sites for hydroxylation is 1. The smallest absolute Gasteiger partial charge is 0.407 e. The Labute approximate surface area is 446 Å². The Bertz CT molecular complexity index is 2230. The number of alkyl carbamates (subject to hydrolysis) is 2. The molecule has 4 heterocycles. The van der Waals surface area contributed by atoms with Crippen LogP contribution in [0.5, 0.6) is 5.75 Å². The van der Waals surface area contributed by atoms with Crippen LogP contribution >= 0.6 is 0 Å². The molecule has 76 heavy (non-hydrogen) atoms. The van der Waals surface area contributed by atoms with Crippen LogP contribution in [0.1, 0.15) is 92.0 Å². The van der Waals surface area contributed by atoms with E-state index in [1.807, 2.05) is 77.9 Å². The number of hydrogen-bond acceptors (Lipinski definition) is 15. The monoisotopic (exact) mass is 1050 g/mol. The average Bonchev–Trinajstić information content (AvgIpc) is 4.29. The molecular formula is C59H78N4O13. The van der Waals surface area contributed by atoms with Crippen molar-refractivity contribution in [1.29, 1.82) is 0 Å². The van der Waals surface area contributed by atoms with E-state index in [0.717, 1.165) is 86.5 Å². The predicted octanol–water partition coefficient (Wildman–Crippen LogP) is 7.66. The standard InChI is InChI=1S/C30H40N2O6.C29H38N2O7/c1-21-8-7-11-23(16-21)18-32(38-24-12-5-6-13-24)19-27(33)26(17-22-9-3-2-4-10-22)31-30(34)37-28-20-36-29-25(28)14-15-35-29;32-22-10-6-9-21(15-22)17-31(38-23-11-4-5-12-23)18-26(33)25(16-20-7-2-1-3-8-20)30-29(34)37-27-19-36-28-24(27)13-14-35-28/h2-4,7-11,16,24-29,33H,5-6,12-15,17-20H2,1H3,(H,31,34);1-3,6-10,15,23-28,32-33H,4-5,11-14,16-19H2,(H,30,34). The van der Waals surface area contributed by atoms with Gasteiger partial charge in [0.25, 0.3) is 0 Å². The molecule has 2 amide bonds. The van der Waals surface area contributed by atoms with Crippen molar-refractivity contribution in [2.75, 3.05) is 39.5 Å². The summed E-state index contributed by atoms with van der Waals surface area (Å²) < 4.78 is 33.8. The summed E-state index contributed by atoms with van der Waals surface area (Å²) in [4.78, 5) is 38.7.